The fourth-order valence-corrected chi connectivity index (χ4v) is 3.06. The number of carbonyl (C=O) groups is 1. The monoisotopic (exact) mass is 225 g/mol. The van der Waals surface area contributed by atoms with Crippen LogP contribution in [-0.4, -0.2) is 23.5 Å². The van der Waals surface area contributed by atoms with E-state index in [-0.39, 0.29) is 17.7 Å². The minimum atomic E-state index is 0.151. The Morgan fingerprint density at radius 2 is 2.25 bits per heavy atom. The van der Waals surface area contributed by atoms with Crippen molar-refractivity contribution < 1.29 is 10.0 Å². The molecule has 0 radical (unpaired) electrons. The molecule has 16 heavy (non-hydrogen) atoms. The van der Waals surface area contributed by atoms with Crippen molar-refractivity contribution in [1.29, 1.82) is 0 Å². The SMILES string of the molecule is NC(CCNC(=O)C1CC2CCC1C2)=NO. The van der Waals surface area contributed by atoms with Crippen molar-refractivity contribution in [1.82, 2.24) is 5.32 Å². The first kappa shape index (κ1) is 11.2. The normalized spacial score (nSPS) is 33.0. The maximum atomic E-state index is 11.9. The van der Waals surface area contributed by atoms with E-state index in [1.54, 1.807) is 0 Å². The van der Waals surface area contributed by atoms with E-state index in [0.29, 0.717) is 18.9 Å². The summed E-state index contributed by atoms with van der Waals surface area (Å²) in [4.78, 5) is 11.9. The topological polar surface area (TPSA) is 87.7 Å². The Kier molecular flexibility index (Phi) is 3.31. The lowest BCUT2D eigenvalue weighted by Crippen LogP contribution is -2.35. The molecule has 4 N–H and O–H groups in total. The molecule has 90 valence electrons. The zero-order valence-corrected chi connectivity index (χ0v) is 9.35. The van der Waals surface area contributed by atoms with E-state index >= 15 is 0 Å². The lowest BCUT2D eigenvalue weighted by molar-refractivity contribution is -0.126. The summed E-state index contributed by atoms with van der Waals surface area (Å²) in [7, 11) is 0. The average Bonchev–Trinajstić information content (AvgIpc) is 2.90. The predicted molar refractivity (Wildman–Crippen MR) is 60.0 cm³/mol. The quantitative estimate of drug-likeness (QED) is 0.284. The number of rotatable bonds is 4. The summed E-state index contributed by atoms with van der Waals surface area (Å²) in [5, 5.41) is 14.1. The number of oxime groups is 1. The van der Waals surface area contributed by atoms with Gasteiger partial charge in [0.15, 0.2) is 0 Å². The van der Waals surface area contributed by atoms with Gasteiger partial charge in [0.05, 0.1) is 0 Å². The molecule has 0 saturated heterocycles. The highest BCUT2D eigenvalue weighted by Crippen LogP contribution is 2.48. The maximum Gasteiger partial charge on any atom is 0.223 e. The Morgan fingerprint density at radius 3 is 2.81 bits per heavy atom. The Balaban J connectivity index is 1.72. The predicted octanol–water partition coefficient (Wildman–Crippen LogP) is 0.675. The highest BCUT2D eigenvalue weighted by molar-refractivity contribution is 5.82. The fraction of sp³-hybridized carbons (Fsp3) is 0.818. The molecule has 2 saturated carbocycles. The van der Waals surface area contributed by atoms with Gasteiger partial charge < -0.3 is 16.3 Å². The van der Waals surface area contributed by atoms with Crippen LogP contribution in [0.25, 0.3) is 0 Å². The number of nitrogens with zero attached hydrogens (tertiary/aromatic N) is 1. The van der Waals surface area contributed by atoms with Crippen LogP contribution in [0.4, 0.5) is 0 Å². The van der Waals surface area contributed by atoms with Crippen molar-refractivity contribution in [2.75, 3.05) is 6.54 Å². The zero-order chi connectivity index (χ0) is 11.5. The summed E-state index contributed by atoms with van der Waals surface area (Å²) in [5.41, 5.74) is 5.32. The standard InChI is InChI=1S/C11H19N3O2/c12-10(14-16)3-4-13-11(15)9-6-7-1-2-8(9)5-7/h7-9,16H,1-6H2,(H2,12,14)(H,13,15). The van der Waals surface area contributed by atoms with Gasteiger partial charge in [-0.3, -0.25) is 4.79 Å². The van der Waals surface area contributed by atoms with Gasteiger partial charge in [-0.15, -0.1) is 0 Å². The first-order valence-electron chi connectivity index (χ1n) is 5.95. The molecule has 1 amide bonds. The Morgan fingerprint density at radius 1 is 1.44 bits per heavy atom. The van der Waals surface area contributed by atoms with Crippen molar-refractivity contribution in [3.8, 4) is 0 Å². The molecule has 2 bridgehead atoms. The fourth-order valence-electron chi connectivity index (χ4n) is 3.06. The van der Waals surface area contributed by atoms with E-state index in [2.05, 4.69) is 10.5 Å². The van der Waals surface area contributed by atoms with E-state index in [1.165, 1.54) is 19.3 Å². The molecule has 3 atom stereocenters. The Hall–Kier alpha value is -1.26. The van der Waals surface area contributed by atoms with Gasteiger partial charge in [-0.2, -0.15) is 0 Å². The molecule has 2 aliphatic carbocycles. The van der Waals surface area contributed by atoms with Crippen molar-refractivity contribution in [3.05, 3.63) is 0 Å². The van der Waals surface area contributed by atoms with Gasteiger partial charge in [0.2, 0.25) is 5.91 Å². The third kappa shape index (κ3) is 2.28. The molecule has 2 rings (SSSR count). The molecule has 0 aromatic carbocycles. The maximum absolute atomic E-state index is 11.9. The summed E-state index contributed by atoms with van der Waals surface area (Å²) in [5.74, 6) is 1.91. The van der Waals surface area contributed by atoms with E-state index < -0.39 is 0 Å². The minimum absolute atomic E-state index is 0.151. The molecular weight excluding hydrogens is 206 g/mol. The number of fused-ring (bicyclic) bond motifs is 2. The summed E-state index contributed by atoms with van der Waals surface area (Å²) >= 11 is 0. The van der Waals surface area contributed by atoms with Gasteiger partial charge in [0.1, 0.15) is 5.84 Å². The molecule has 0 aromatic heterocycles. The highest BCUT2D eigenvalue weighted by Gasteiger charge is 2.42. The van der Waals surface area contributed by atoms with E-state index in [4.69, 9.17) is 10.9 Å². The van der Waals surface area contributed by atoms with Crippen LogP contribution in [0.2, 0.25) is 0 Å². The smallest absolute Gasteiger partial charge is 0.223 e. The molecule has 5 heteroatoms. The second kappa shape index (κ2) is 4.72. The van der Waals surface area contributed by atoms with Crippen LogP contribution in [0.3, 0.4) is 0 Å². The molecule has 3 unspecified atom stereocenters. The third-order valence-electron chi connectivity index (χ3n) is 3.88. The number of amidine groups is 1. The van der Waals surface area contributed by atoms with Gasteiger partial charge in [0.25, 0.3) is 0 Å². The molecule has 0 aromatic rings. The number of nitrogens with one attached hydrogen (secondary N) is 1. The van der Waals surface area contributed by atoms with Crippen LogP contribution in [0.5, 0.6) is 0 Å². The Labute approximate surface area is 95.1 Å². The molecule has 2 aliphatic rings. The van der Waals surface area contributed by atoms with E-state index in [9.17, 15) is 4.79 Å². The van der Waals surface area contributed by atoms with Crippen LogP contribution in [0.1, 0.15) is 32.1 Å². The number of carbonyl (C=O) groups excluding carboxylic acids is 1. The van der Waals surface area contributed by atoms with Crippen LogP contribution < -0.4 is 11.1 Å². The summed E-state index contributed by atoms with van der Waals surface area (Å²) in [6.45, 7) is 0.461. The van der Waals surface area contributed by atoms with Crippen LogP contribution in [-0.2, 0) is 4.79 Å². The van der Waals surface area contributed by atoms with Gasteiger partial charge in [-0.05, 0) is 31.1 Å². The molecule has 0 heterocycles. The minimum Gasteiger partial charge on any atom is -0.409 e. The zero-order valence-electron chi connectivity index (χ0n) is 9.35. The van der Waals surface area contributed by atoms with Crippen molar-refractivity contribution in [2.24, 2.45) is 28.6 Å². The van der Waals surface area contributed by atoms with Crippen LogP contribution in [0.15, 0.2) is 5.16 Å². The number of hydrogen-bond acceptors (Lipinski definition) is 3. The first-order chi connectivity index (χ1) is 7.70. The molecule has 0 aliphatic heterocycles. The lowest BCUT2D eigenvalue weighted by atomic mass is 9.88. The number of hydrogen-bond donors (Lipinski definition) is 3. The van der Waals surface area contributed by atoms with Crippen molar-refractivity contribution in [2.45, 2.75) is 32.1 Å². The summed E-state index contributed by atoms with van der Waals surface area (Å²) < 4.78 is 0. The van der Waals surface area contributed by atoms with Gasteiger partial charge in [0, 0.05) is 18.9 Å². The second-order valence-corrected chi connectivity index (χ2v) is 4.91. The van der Waals surface area contributed by atoms with E-state index in [0.717, 1.165) is 12.3 Å². The van der Waals surface area contributed by atoms with Crippen LogP contribution in [0, 0.1) is 17.8 Å². The van der Waals surface area contributed by atoms with Crippen molar-refractivity contribution in [3.63, 3.8) is 0 Å². The molecular formula is C11H19N3O2. The third-order valence-corrected chi connectivity index (χ3v) is 3.88. The number of nitrogens with two attached hydrogens (primary N) is 1. The van der Waals surface area contributed by atoms with Gasteiger partial charge >= 0.3 is 0 Å². The van der Waals surface area contributed by atoms with Crippen molar-refractivity contribution >= 4 is 11.7 Å². The lowest BCUT2D eigenvalue weighted by Gasteiger charge is -2.20. The molecule has 5 nitrogen and oxygen atoms in total. The molecule has 2 fully saturated rings. The molecule has 0 spiro atoms. The van der Waals surface area contributed by atoms with E-state index in [1.807, 2.05) is 0 Å². The summed E-state index contributed by atoms with van der Waals surface area (Å²) in [6.07, 6.45) is 5.21. The second-order valence-electron chi connectivity index (χ2n) is 4.91. The number of amides is 1. The highest BCUT2D eigenvalue weighted by atomic mass is 16.4. The Bertz CT molecular complexity index is 304. The largest absolute Gasteiger partial charge is 0.409 e. The van der Waals surface area contributed by atoms with Gasteiger partial charge in [-0.25, -0.2) is 0 Å². The van der Waals surface area contributed by atoms with Crippen LogP contribution >= 0.6 is 0 Å². The summed E-state index contributed by atoms with van der Waals surface area (Å²) in [6, 6.07) is 0. The van der Waals surface area contributed by atoms with Gasteiger partial charge in [-0.1, -0.05) is 11.6 Å². The average molecular weight is 225 g/mol. The first-order valence-corrected chi connectivity index (χ1v) is 5.95.